The zero-order chi connectivity index (χ0) is 16.6. The quantitative estimate of drug-likeness (QED) is 0.845. The molecule has 0 spiro atoms. The fourth-order valence-corrected chi connectivity index (χ4v) is 2.92. The highest BCUT2D eigenvalue weighted by atomic mass is 16.5. The largest absolute Gasteiger partial charge is 0.496 e. The third kappa shape index (κ3) is 4.77. The molecule has 0 bridgehead atoms. The van der Waals surface area contributed by atoms with Crippen LogP contribution in [-0.4, -0.2) is 43.3 Å². The van der Waals surface area contributed by atoms with E-state index in [1.807, 2.05) is 12.3 Å². The molecule has 1 aromatic heterocycles. The molecule has 5 heteroatoms. The summed E-state index contributed by atoms with van der Waals surface area (Å²) < 4.78 is 11.0. The van der Waals surface area contributed by atoms with Gasteiger partial charge in [0.2, 0.25) is 0 Å². The van der Waals surface area contributed by atoms with Crippen molar-refractivity contribution in [2.75, 3.05) is 33.4 Å². The number of morpholine rings is 1. The van der Waals surface area contributed by atoms with Crippen molar-refractivity contribution in [2.45, 2.75) is 19.6 Å². The molecule has 2 aromatic rings. The first-order valence-electron chi connectivity index (χ1n) is 8.40. The molecule has 24 heavy (non-hydrogen) atoms. The predicted molar refractivity (Wildman–Crippen MR) is 93.9 cm³/mol. The summed E-state index contributed by atoms with van der Waals surface area (Å²) >= 11 is 0. The number of nitrogens with one attached hydrogen (secondary N) is 1. The van der Waals surface area contributed by atoms with Crippen molar-refractivity contribution in [1.29, 1.82) is 0 Å². The van der Waals surface area contributed by atoms with Crippen LogP contribution in [0.3, 0.4) is 0 Å². The van der Waals surface area contributed by atoms with Gasteiger partial charge in [0.25, 0.3) is 0 Å². The molecule has 0 saturated carbocycles. The van der Waals surface area contributed by atoms with Gasteiger partial charge >= 0.3 is 0 Å². The summed E-state index contributed by atoms with van der Waals surface area (Å²) in [5, 5.41) is 3.47. The molecule has 1 aliphatic heterocycles. The molecule has 1 aromatic carbocycles. The first-order chi connectivity index (χ1) is 11.8. The van der Waals surface area contributed by atoms with Crippen LogP contribution in [0.1, 0.15) is 16.7 Å². The van der Waals surface area contributed by atoms with E-state index < -0.39 is 0 Å². The second-order valence-electron chi connectivity index (χ2n) is 6.00. The minimum Gasteiger partial charge on any atom is -0.496 e. The zero-order valence-corrected chi connectivity index (χ0v) is 14.2. The fraction of sp³-hybridized carbons (Fsp3) is 0.421. The lowest BCUT2D eigenvalue weighted by Gasteiger charge is -2.27. The SMILES string of the molecule is COc1ccc(CNCc2cccnc2)cc1CN1CCOCC1. The molecular formula is C19H25N3O2. The first kappa shape index (κ1) is 16.9. The number of aromatic nitrogens is 1. The molecule has 2 heterocycles. The second-order valence-corrected chi connectivity index (χ2v) is 6.00. The number of pyridine rings is 1. The standard InChI is InChI=1S/C19H25N3O2/c1-23-19-5-4-16(12-21-14-17-3-2-6-20-13-17)11-18(19)15-22-7-9-24-10-8-22/h2-6,11,13,21H,7-10,12,14-15H2,1H3. The maximum atomic E-state index is 5.53. The molecule has 1 fully saturated rings. The molecule has 0 radical (unpaired) electrons. The summed E-state index contributed by atoms with van der Waals surface area (Å²) in [5.74, 6) is 0.956. The summed E-state index contributed by atoms with van der Waals surface area (Å²) in [5.41, 5.74) is 3.70. The molecule has 1 saturated heterocycles. The van der Waals surface area contributed by atoms with Gasteiger partial charge in [-0.25, -0.2) is 0 Å². The Hall–Kier alpha value is -1.95. The molecule has 0 unspecified atom stereocenters. The molecule has 1 aliphatic rings. The third-order valence-electron chi connectivity index (χ3n) is 4.22. The maximum Gasteiger partial charge on any atom is 0.123 e. The second kappa shape index (κ2) is 8.78. The minimum atomic E-state index is 0.814. The molecular weight excluding hydrogens is 302 g/mol. The Balaban J connectivity index is 1.60. The van der Waals surface area contributed by atoms with E-state index in [-0.39, 0.29) is 0 Å². The Bertz CT molecular complexity index is 628. The van der Waals surface area contributed by atoms with E-state index >= 15 is 0 Å². The van der Waals surface area contributed by atoms with Crippen LogP contribution >= 0.6 is 0 Å². The molecule has 3 rings (SSSR count). The van der Waals surface area contributed by atoms with Crippen molar-refractivity contribution in [3.8, 4) is 5.75 Å². The Morgan fingerprint density at radius 2 is 2.00 bits per heavy atom. The summed E-state index contributed by atoms with van der Waals surface area (Å²) in [6, 6.07) is 10.5. The lowest BCUT2D eigenvalue weighted by atomic mass is 10.1. The van der Waals surface area contributed by atoms with Gasteiger partial charge < -0.3 is 14.8 Å². The van der Waals surface area contributed by atoms with Crippen LogP contribution < -0.4 is 10.1 Å². The number of methoxy groups -OCH3 is 1. The van der Waals surface area contributed by atoms with E-state index in [1.165, 1.54) is 16.7 Å². The van der Waals surface area contributed by atoms with Gasteiger partial charge in [0.05, 0.1) is 20.3 Å². The fourth-order valence-electron chi connectivity index (χ4n) is 2.92. The van der Waals surface area contributed by atoms with Crippen molar-refractivity contribution in [1.82, 2.24) is 15.2 Å². The molecule has 1 N–H and O–H groups in total. The number of ether oxygens (including phenoxy) is 2. The Morgan fingerprint density at radius 1 is 1.17 bits per heavy atom. The van der Waals surface area contributed by atoms with Gasteiger partial charge in [0.1, 0.15) is 5.75 Å². The van der Waals surface area contributed by atoms with Crippen molar-refractivity contribution >= 4 is 0 Å². The summed E-state index contributed by atoms with van der Waals surface area (Å²) in [6.45, 7) is 6.14. The summed E-state index contributed by atoms with van der Waals surface area (Å²) in [4.78, 5) is 6.55. The van der Waals surface area contributed by atoms with Crippen LogP contribution in [0.5, 0.6) is 5.75 Å². The smallest absolute Gasteiger partial charge is 0.123 e. The van der Waals surface area contributed by atoms with Crippen LogP contribution in [0.4, 0.5) is 0 Å². The number of benzene rings is 1. The van der Waals surface area contributed by atoms with E-state index in [1.54, 1.807) is 13.3 Å². The highest BCUT2D eigenvalue weighted by Gasteiger charge is 2.13. The number of rotatable bonds is 7. The highest BCUT2D eigenvalue weighted by Crippen LogP contribution is 2.22. The average Bonchev–Trinajstić information content (AvgIpc) is 2.64. The molecule has 5 nitrogen and oxygen atoms in total. The van der Waals surface area contributed by atoms with E-state index in [0.717, 1.165) is 51.7 Å². The van der Waals surface area contributed by atoms with E-state index in [9.17, 15) is 0 Å². The Kier molecular flexibility index (Phi) is 6.18. The summed E-state index contributed by atoms with van der Waals surface area (Å²) in [7, 11) is 1.73. The van der Waals surface area contributed by atoms with Crippen LogP contribution in [-0.2, 0) is 24.4 Å². The van der Waals surface area contributed by atoms with Crippen molar-refractivity contribution in [3.63, 3.8) is 0 Å². The van der Waals surface area contributed by atoms with Crippen LogP contribution in [0, 0.1) is 0 Å². The van der Waals surface area contributed by atoms with Crippen molar-refractivity contribution in [2.24, 2.45) is 0 Å². The lowest BCUT2D eigenvalue weighted by molar-refractivity contribution is 0.0339. The van der Waals surface area contributed by atoms with Crippen LogP contribution in [0.2, 0.25) is 0 Å². The number of hydrogen-bond acceptors (Lipinski definition) is 5. The monoisotopic (exact) mass is 327 g/mol. The number of nitrogens with zero attached hydrogens (tertiary/aromatic N) is 2. The maximum absolute atomic E-state index is 5.53. The lowest BCUT2D eigenvalue weighted by Crippen LogP contribution is -2.35. The highest BCUT2D eigenvalue weighted by molar-refractivity contribution is 5.37. The third-order valence-corrected chi connectivity index (χ3v) is 4.22. The average molecular weight is 327 g/mol. The zero-order valence-electron chi connectivity index (χ0n) is 14.2. The number of hydrogen-bond donors (Lipinski definition) is 1. The van der Waals surface area contributed by atoms with Gasteiger partial charge in [-0.15, -0.1) is 0 Å². The van der Waals surface area contributed by atoms with Gasteiger partial charge in [-0.1, -0.05) is 12.1 Å². The predicted octanol–water partition coefficient (Wildman–Crippen LogP) is 2.21. The van der Waals surface area contributed by atoms with Gasteiger partial charge in [0.15, 0.2) is 0 Å². The van der Waals surface area contributed by atoms with Gasteiger partial charge in [-0.05, 0) is 29.3 Å². The van der Waals surface area contributed by atoms with E-state index in [4.69, 9.17) is 9.47 Å². The van der Waals surface area contributed by atoms with Crippen molar-refractivity contribution < 1.29 is 9.47 Å². The minimum absolute atomic E-state index is 0.814. The Labute approximate surface area is 143 Å². The van der Waals surface area contributed by atoms with Gasteiger partial charge in [-0.3, -0.25) is 9.88 Å². The molecule has 128 valence electrons. The molecule has 0 atom stereocenters. The van der Waals surface area contributed by atoms with Crippen LogP contribution in [0.15, 0.2) is 42.7 Å². The van der Waals surface area contributed by atoms with Crippen molar-refractivity contribution in [3.05, 3.63) is 59.4 Å². The van der Waals surface area contributed by atoms with E-state index in [2.05, 4.69) is 39.5 Å². The normalized spacial score (nSPS) is 15.4. The first-order valence-corrected chi connectivity index (χ1v) is 8.40. The van der Waals surface area contributed by atoms with Gasteiger partial charge in [-0.2, -0.15) is 0 Å². The molecule has 0 amide bonds. The Morgan fingerprint density at radius 3 is 2.75 bits per heavy atom. The van der Waals surface area contributed by atoms with Crippen LogP contribution in [0.25, 0.3) is 0 Å². The topological polar surface area (TPSA) is 46.6 Å². The summed E-state index contributed by atoms with van der Waals surface area (Å²) in [6.07, 6.45) is 3.69. The van der Waals surface area contributed by atoms with E-state index in [0.29, 0.717) is 0 Å². The van der Waals surface area contributed by atoms with Gasteiger partial charge in [0, 0.05) is 50.7 Å². The molecule has 0 aliphatic carbocycles.